The minimum Gasteiger partial charge on any atom is -0.372 e. The molecule has 0 bridgehead atoms. The maximum atomic E-state index is 13.2. The topological polar surface area (TPSA) is 57.7 Å². The van der Waals surface area contributed by atoms with Gasteiger partial charge in [-0.2, -0.15) is 0 Å². The van der Waals surface area contributed by atoms with Crippen molar-refractivity contribution in [2.75, 3.05) is 29.5 Å². The molecule has 1 amide bonds. The van der Waals surface area contributed by atoms with Crippen LogP contribution in [0, 0.1) is 0 Å². The molecular weight excluding hydrogens is 408 g/mol. The van der Waals surface area contributed by atoms with E-state index in [4.69, 9.17) is 11.6 Å². The summed E-state index contributed by atoms with van der Waals surface area (Å²) in [5.41, 5.74) is 2.63. The van der Waals surface area contributed by atoms with Crippen LogP contribution in [0.5, 0.6) is 0 Å². The van der Waals surface area contributed by atoms with E-state index in [0.29, 0.717) is 23.6 Å². The minimum absolute atomic E-state index is 0.0177. The van der Waals surface area contributed by atoms with Crippen molar-refractivity contribution in [2.24, 2.45) is 0 Å². The lowest BCUT2D eigenvalue weighted by Gasteiger charge is -2.29. The monoisotopic (exact) mass is 434 g/mol. The van der Waals surface area contributed by atoms with E-state index >= 15 is 0 Å². The van der Waals surface area contributed by atoms with Crippen molar-refractivity contribution in [3.63, 3.8) is 0 Å². The molecule has 1 fully saturated rings. The minimum atomic E-state index is -3.10. The van der Waals surface area contributed by atoms with Crippen LogP contribution in [-0.2, 0) is 16.4 Å². The molecule has 0 N–H and O–H groups in total. The molecule has 0 unspecified atom stereocenters. The third-order valence-corrected chi connectivity index (χ3v) is 7.42. The van der Waals surface area contributed by atoms with E-state index < -0.39 is 9.84 Å². The van der Waals surface area contributed by atoms with Crippen molar-refractivity contribution in [1.29, 1.82) is 0 Å². The van der Waals surface area contributed by atoms with Gasteiger partial charge in [0.2, 0.25) is 0 Å². The first-order valence-electron chi connectivity index (χ1n) is 9.93. The van der Waals surface area contributed by atoms with Crippen molar-refractivity contribution in [3.05, 3.63) is 64.7 Å². The molecule has 0 aliphatic carbocycles. The fraction of sp³-hybridized carbons (Fsp3) is 0.409. The molecule has 5 nitrogen and oxygen atoms in total. The number of rotatable bonds is 7. The first-order chi connectivity index (χ1) is 13.8. The lowest BCUT2D eigenvalue weighted by atomic mass is 10.1. The predicted molar refractivity (Wildman–Crippen MR) is 118 cm³/mol. The largest absolute Gasteiger partial charge is 0.372 e. The molecule has 7 heteroatoms. The van der Waals surface area contributed by atoms with Crippen molar-refractivity contribution >= 4 is 33.0 Å². The second-order valence-corrected chi connectivity index (χ2v) is 10.0. The molecule has 1 aliphatic rings. The standard InChI is InChI=1S/C22H27ClN2O3S/c1-3-24(4-2)20-11-5-17(6-12-20)15-25(21-13-14-29(27,28)16-21)22(26)18-7-9-19(23)10-8-18/h5-12,21H,3-4,13-16H2,1-2H3/t21-/m0/s1. The molecule has 1 saturated heterocycles. The van der Waals surface area contributed by atoms with Gasteiger partial charge in [0, 0.05) is 41.9 Å². The molecule has 1 aliphatic heterocycles. The van der Waals surface area contributed by atoms with Crippen molar-refractivity contribution < 1.29 is 13.2 Å². The normalized spacial score (nSPS) is 17.8. The number of carbonyl (C=O) groups is 1. The summed E-state index contributed by atoms with van der Waals surface area (Å²) in [4.78, 5) is 17.2. The van der Waals surface area contributed by atoms with Crippen LogP contribution in [0.2, 0.25) is 5.02 Å². The average Bonchev–Trinajstić information content (AvgIpc) is 3.07. The Balaban J connectivity index is 1.85. The number of hydrogen-bond acceptors (Lipinski definition) is 4. The van der Waals surface area contributed by atoms with Gasteiger partial charge in [0.05, 0.1) is 11.5 Å². The lowest BCUT2D eigenvalue weighted by molar-refractivity contribution is 0.0681. The summed E-state index contributed by atoms with van der Waals surface area (Å²) in [5, 5.41) is 0.559. The zero-order chi connectivity index (χ0) is 21.0. The van der Waals surface area contributed by atoms with E-state index in [2.05, 4.69) is 30.9 Å². The van der Waals surface area contributed by atoms with Gasteiger partial charge in [0.25, 0.3) is 5.91 Å². The van der Waals surface area contributed by atoms with E-state index in [-0.39, 0.29) is 23.5 Å². The van der Waals surface area contributed by atoms with E-state index in [1.165, 1.54) is 0 Å². The van der Waals surface area contributed by atoms with Crippen LogP contribution in [0.1, 0.15) is 36.2 Å². The number of sulfone groups is 1. The molecule has 0 spiro atoms. The van der Waals surface area contributed by atoms with Gasteiger partial charge < -0.3 is 9.80 Å². The fourth-order valence-corrected chi connectivity index (χ4v) is 5.60. The Labute approximate surface area is 178 Å². The smallest absolute Gasteiger partial charge is 0.254 e. The zero-order valence-electron chi connectivity index (χ0n) is 16.8. The van der Waals surface area contributed by atoms with Crippen LogP contribution in [0.15, 0.2) is 48.5 Å². The number of halogens is 1. The second-order valence-electron chi connectivity index (χ2n) is 7.34. The highest BCUT2D eigenvalue weighted by Gasteiger charge is 2.35. The third kappa shape index (κ3) is 5.31. The predicted octanol–water partition coefficient (Wildman–Crippen LogP) is 4.02. The average molecular weight is 435 g/mol. The quantitative estimate of drug-likeness (QED) is 0.660. The number of anilines is 1. The summed E-state index contributed by atoms with van der Waals surface area (Å²) in [7, 11) is -3.10. The summed E-state index contributed by atoms with van der Waals surface area (Å²) in [5.74, 6) is -0.0242. The Morgan fingerprint density at radius 2 is 1.66 bits per heavy atom. The maximum Gasteiger partial charge on any atom is 0.254 e. The molecule has 0 aromatic heterocycles. The van der Waals surface area contributed by atoms with Crippen LogP contribution >= 0.6 is 11.6 Å². The van der Waals surface area contributed by atoms with Gasteiger partial charge in [-0.25, -0.2) is 8.42 Å². The highest BCUT2D eigenvalue weighted by Crippen LogP contribution is 2.24. The molecule has 29 heavy (non-hydrogen) atoms. The van der Waals surface area contributed by atoms with Gasteiger partial charge in [0.15, 0.2) is 9.84 Å². The van der Waals surface area contributed by atoms with Gasteiger partial charge in [0.1, 0.15) is 0 Å². The molecule has 1 atom stereocenters. The van der Waals surface area contributed by atoms with Crippen LogP contribution < -0.4 is 4.90 Å². The van der Waals surface area contributed by atoms with Crippen LogP contribution in [-0.4, -0.2) is 49.9 Å². The van der Waals surface area contributed by atoms with Crippen LogP contribution in [0.3, 0.4) is 0 Å². The van der Waals surface area contributed by atoms with Gasteiger partial charge in [-0.15, -0.1) is 0 Å². The van der Waals surface area contributed by atoms with Crippen molar-refractivity contribution in [2.45, 2.75) is 32.9 Å². The molecule has 156 valence electrons. The molecular formula is C22H27ClN2O3S. The number of benzene rings is 2. The summed E-state index contributed by atoms with van der Waals surface area (Å²) in [6.07, 6.45) is 0.471. The van der Waals surface area contributed by atoms with Gasteiger partial charge in [-0.3, -0.25) is 4.79 Å². The zero-order valence-corrected chi connectivity index (χ0v) is 18.4. The van der Waals surface area contributed by atoms with E-state index in [9.17, 15) is 13.2 Å². The Kier molecular flexibility index (Phi) is 6.85. The van der Waals surface area contributed by atoms with Gasteiger partial charge in [-0.1, -0.05) is 23.7 Å². The molecule has 2 aromatic rings. The molecule has 0 radical (unpaired) electrons. The number of hydrogen-bond donors (Lipinski definition) is 0. The maximum absolute atomic E-state index is 13.2. The fourth-order valence-electron chi connectivity index (χ4n) is 3.74. The first kappa shape index (κ1) is 21.7. The number of amides is 1. The molecule has 3 rings (SSSR count). The van der Waals surface area contributed by atoms with Crippen molar-refractivity contribution in [3.8, 4) is 0 Å². The molecule has 2 aromatic carbocycles. The highest BCUT2D eigenvalue weighted by molar-refractivity contribution is 7.91. The van der Waals surface area contributed by atoms with E-state index in [1.807, 2.05) is 12.1 Å². The lowest BCUT2D eigenvalue weighted by Crippen LogP contribution is -2.40. The summed E-state index contributed by atoms with van der Waals surface area (Å²) >= 11 is 5.95. The molecule has 1 heterocycles. The third-order valence-electron chi connectivity index (χ3n) is 5.42. The number of nitrogens with zero attached hydrogens (tertiary/aromatic N) is 2. The van der Waals surface area contributed by atoms with E-state index in [0.717, 1.165) is 24.3 Å². The Morgan fingerprint density at radius 1 is 1.03 bits per heavy atom. The SMILES string of the molecule is CCN(CC)c1ccc(CN(C(=O)c2ccc(Cl)cc2)[C@H]2CCS(=O)(=O)C2)cc1. The Bertz CT molecular complexity index is 939. The van der Waals surface area contributed by atoms with Gasteiger partial charge >= 0.3 is 0 Å². The highest BCUT2D eigenvalue weighted by atomic mass is 35.5. The summed E-state index contributed by atoms with van der Waals surface area (Å²) in [6, 6.07) is 14.5. The number of carbonyl (C=O) groups excluding carboxylic acids is 1. The van der Waals surface area contributed by atoms with Crippen LogP contribution in [0.25, 0.3) is 0 Å². The van der Waals surface area contributed by atoms with Gasteiger partial charge in [-0.05, 0) is 62.2 Å². The summed E-state index contributed by atoms with van der Waals surface area (Å²) in [6.45, 7) is 6.46. The Hall–Kier alpha value is -2.05. The first-order valence-corrected chi connectivity index (χ1v) is 12.1. The molecule has 0 saturated carbocycles. The van der Waals surface area contributed by atoms with Crippen molar-refractivity contribution in [1.82, 2.24) is 4.90 Å². The van der Waals surface area contributed by atoms with E-state index in [1.54, 1.807) is 29.2 Å². The second kappa shape index (κ2) is 9.18. The van der Waals surface area contributed by atoms with Crippen LogP contribution in [0.4, 0.5) is 5.69 Å². The Morgan fingerprint density at radius 3 is 2.17 bits per heavy atom. The summed E-state index contributed by atoms with van der Waals surface area (Å²) < 4.78 is 24.1.